The van der Waals surface area contributed by atoms with E-state index in [4.69, 9.17) is 9.15 Å². The van der Waals surface area contributed by atoms with Crippen LogP contribution < -0.4 is 15.4 Å². The molecule has 7 nitrogen and oxygen atoms in total. The zero-order valence-corrected chi connectivity index (χ0v) is 15.5. The van der Waals surface area contributed by atoms with Crippen molar-refractivity contribution in [1.82, 2.24) is 4.98 Å². The molecule has 0 fully saturated rings. The number of rotatable bonds is 8. The summed E-state index contributed by atoms with van der Waals surface area (Å²) in [6.07, 6.45) is 2.40. The Hall–Kier alpha value is -3.13. The Morgan fingerprint density at radius 2 is 2.04 bits per heavy atom. The zero-order chi connectivity index (χ0) is 19.1. The first-order valence-electron chi connectivity index (χ1n) is 8.46. The number of aromatic nitrogens is 1. The number of hydrogen-bond acceptors (Lipinski definition) is 6. The largest absolute Gasteiger partial charge is 0.491 e. The minimum atomic E-state index is -0.382. The molecule has 3 rings (SSSR count). The van der Waals surface area contributed by atoms with Gasteiger partial charge in [-0.3, -0.25) is 14.9 Å². The van der Waals surface area contributed by atoms with E-state index in [1.165, 1.54) is 17.6 Å². The third kappa shape index (κ3) is 5.18. The van der Waals surface area contributed by atoms with E-state index in [1.807, 2.05) is 25.1 Å². The number of carbonyl (C=O) groups excluding carboxylic acids is 2. The standard InChI is InChI=1S/C19H19N3O4S/c1-2-9-25-15-7-4-3-6-14(15)21-17(23)11-13-12-27-19(20-13)22-18(24)16-8-5-10-26-16/h3-8,10,12H,2,9,11H2,1H3,(H,21,23)(H,20,22,24). The van der Waals surface area contributed by atoms with E-state index in [0.717, 1.165) is 6.42 Å². The highest BCUT2D eigenvalue weighted by Gasteiger charge is 2.14. The average molecular weight is 385 g/mol. The van der Waals surface area contributed by atoms with Gasteiger partial charge in [-0.25, -0.2) is 4.98 Å². The smallest absolute Gasteiger partial charge is 0.293 e. The Morgan fingerprint density at radius 1 is 1.19 bits per heavy atom. The van der Waals surface area contributed by atoms with Gasteiger partial charge in [0.1, 0.15) is 5.75 Å². The number of nitrogens with zero attached hydrogens (tertiary/aromatic N) is 1. The van der Waals surface area contributed by atoms with Crippen molar-refractivity contribution in [2.75, 3.05) is 17.2 Å². The second-order valence-electron chi connectivity index (χ2n) is 5.64. The highest BCUT2D eigenvalue weighted by molar-refractivity contribution is 7.14. The Bertz CT molecular complexity index is 905. The Balaban J connectivity index is 1.57. The molecule has 0 unspecified atom stereocenters. The molecule has 2 heterocycles. The van der Waals surface area contributed by atoms with Crippen LogP contribution in [-0.4, -0.2) is 23.4 Å². The van der Waals surface area contributed by atoms with E-state index in [2.05, 4.69) is 15.6 Å². The average Bonchev–Trinajstić information content (AvgIpc) is 3.33. The Labute approximate surface area is 160 Å². The first-order valence-corrected chi connectivity index (χ1v) is 9.34. The molecular formula is C19H19N3O4S. The number of thiazole rings is 1. The van der Waals surface area contributed by atoms with E-state index in [1.54, 1.807) is 23.6 Å². The number of amides is 2. The maximum atomic E-state index is 12.3. The molecule has 0 radical (unpaired) electrons. The predicted octanol–water partition coefficient (Wildman–Crippen LogP) is 3.96. The van der Waals surface area contributed by atoms with Crippen molar-refractivity contribution >= 4 is 34.0 Å². The fraction of sp³-hybridized carbons (Fsp3) is 0.211. The fourth-order valence-corrected chi connectivity index (χ4v) is 2.98. The fourth-order valence-electron chi connectivity index (χ4n) is 2.28. The number of benzene rings is 1. The van der Waals surface area contributed by atoms with E-state index in [-0.39, 0.29) is 24.0 Å². The Morgan fingerprint density at radius 3 is 2.81 bits per heavy atom. The summed E-state index contributed by atoms with van der Waals surface area (Å²) in [6, 6.07) is 10.5. The molecule has 1 aromatic carbocycles. The number of carbonyl (C=O) groups is 2. The highest BCUT2D eigenvalue weighted by Crippen LogP contribution is 2.24. The third-order valence-corrected chi connectivity index (χ3v) is 4.29. The number of para-hydroxylation sites is 2. The van der Waals surface area contributed by atoms with Gasteiger partial charge in [0, 0.05) is 5.38 Å². The molecule has 8 heteroatoms. The summed E-state index contributed by atoms with van der Waals surface area (Å²) in [4.78, 5) is 28.5. The molecule has 27 heavy (non-hydrogen) atoms. The predicted molar refractivity (Wildman–Crippen MR) is 103 cm³/mol. The van der Waals surface area contributed by atoms with Gasteiger partial charge in [0.2, 0.25) is 5.91 Å². The molecule has 0 aliphatic heterocycles. The molecule has 0 aliphatic rings. The van der Waals surface area contributed by atoms with E-state index in [0.29, 0.717) is 28.9 Å². The van der Waals surface area contributed by atoms with E-state index in [9.17, 15) is 9.59 Å². The maximum Gasteiger partial charge on any atom is 0.293 e. The van der Waals surface area contributed by atoms with Crippen molar-refractivity contribution in [3.63, 3.8) is 0 Å². The lowest BCUT2D eigenvalue weighted by molar-refractivity contribution is -0.115. The van der Waals surface area contributed by atoms with Gasteiger partial charge in [-0.05, 0) is 30.7 Å². The molecule has 0 saturated heterocycles. The van der Waals surface area contributed by atoms with Gasteiger partial charge in [0.05, 0.1) is 30.7 Å². The number of hydrogen-bond donors (Lipinski definition) is 2. The SMILES string of the molecule is CCCOc1ccccc1NC(=O)Cc1csc(NC(=O)c2ccco2)n1. The van der Waals surface area contributed by atoms with Crippen LogP contribution in [0.3, 0.4) is 0 Å². The maximum absolute atomic E-state index is 12.3. The first kappa shape index (κ1) is 18.7. The van der Waals surface area contributed by atoms with Gasteiger partial charge in [0.15, 0.2) is 10.9 Å². The van der Waals surface area contributed by atoms with Crippen LogP contribution in [-0.2, 0) is 11.2 Å². The summed E-state index contributed by atoms with van der Waals surface area (Å²) in [5, 5.41) is 7.62. The third-order valence-electron chi connectivity index (χ3n) is 3.48. The van der Waals surface area contributed by atoms with E-state index >= 15 is 0 Å². The van der Waals surface area contributed by atoms with Gasteiger partial charge < -0.3 is 14.5 Å². The zero-order valence-electron chi connectivity index (χ0n) is 14.7. The van der Waals surface area contributed by atoms with Crippen LogP contribution in [0, 0.1) is 0 Å². The van der Waals surface area contributed by atoms with Gasteiger partial charge in [-0.1, -0.05) is 19.1 Å². The molecule has 140 valence electrons. The Kier molecular flexibility index (Phi) is 6.22. The lowest BCUT2D eigenvalue weighted by Gasteiger charge is -2.11. The molecule has 0 aliphatic carbocycles. The monoisotopic (exact) mass is 385 g/mol. The summed E-state index contributed by atoms with van der Waals surface area (Å²) in [6.45, 7) is 2.60. The first-order chi connectivity index (χ1) is 13.2. The molecule has 0 saturated carbocycles. The van der Waals surface area contributed by atoms with Gasteiger partial charge in [-0.15, -0.1) is 11.3 Å². The molecule has 0 bridgehead atoms. The topological polar surface area (TPSA) is 93.5 Å². The van der Waals surface area contributed by atoms with Crippen LogP contribution >= 0.6 is 11.3 Å². The molecule has 0 spiro atoms. The second kappa shape index (κ2) is 9.00. The van der Waals surface area contributed by atoms with Crippen LogP contribution in [0.25, 0.3) is 0 Å². The quantitative estimate of drug-likeness (QED) is 0.612. The van der Waals surface area contributed by atoms with Crippen molar-refractivity contribution < 1.29 is 18.7 Å². The second-order valence-corrected chi connectivity index (χ2v) is 6.50. The van der Waals surface area contributed by atoms with E-state index < -0.39 is 0 Å². The molecular weight excluding hydrogens is 366 g/mol. The van der Waals surface area contributed by atoms with Gasteiger partial charge >= 0.3 is 0 Å². The van der Waals surface area contributed by atoms with Crippen LogP contribution in [0.15, 0.2) is 52.5 Å². The molecule has 0 atom stereocenters. The molecule has 2 amide bonds. The minimum Gasteiger partial charge on any atom is -0.491 e. The van der Waals surface area contributed by atoms with Crippen molar-refractivity contribution in [3.05, 3.63) is 59.5 Å². The van der Waals surface area contributed by atoms with Crippen LogP contribution in [0.1, 0.15) is 29.6 Å². The van der Waals surface area contributed by atoms with Gasteiger partial charge in [0.25, 0.3) is 5.91 Å². The van der Waals surface area contributed by atoms with Crippen molar-refractivity contribution in [1.29, 1.82) is 0 Å². The van der Waals surface area contributed by atoms with Crippen molar-refractivity contribution in [2.45, 2.75) is 19.8 Å². The number of nitrogens with one attached hydrogen (secondary N) is 2. The summed E-state index contributed by atoms with van der Waals surface area (Å²) in [5.41, 5.74) is 1.19. The lowest BCUT2D eigenvalue weighted by atomic mass is 10.2. The summed E-state index contributed by atoms with van der Waals surface area (Å²) in [5.74, 6) is 0.245. The summed E-state index contributed by atoms with van der Waals surface area (Å²) >= 11 is 1.25. The summed E-state index contributed by atoms with van der Waals surface area (Å²) < 4.78 is 10.7. The van der Waals surface area contributed by atoms with Crippen LogP contribution in [0.4, 0.5) is 10.8 Å². The normalized spacial score (nSPS) is 10.4. The minimum absolute atomic E-state index is 0.0925. The van der Waals surface area contributed by atoms with Crippen LogP contribution in [0.5, 0.6) is 5.75 Å². The number of anilines is 2. The molecule has 3 aromatic rings. The van der Waals surface area contributed by atoms with Crippen molar-refractivity contribution in [3.8, 4) is 5.75 Å². The molecule has 2 N–H and O–H groups in total. The summed E-state index contributed by atoms with van der Waals surface area (Å²) in [7, 11) is 0. The van der Waals surface area contributed by atoms with Crippen molar-refractivity contribution in [2.24, 2.45) is 0 Å². The highest BCUT2D eigenvalue weighted by atomic mass is 32.1. The van der Waals surface area contributed by atoms with Gasteiger partial charge in [-0.2, -0.15) is 0 Å². The lowest BCUT2D eigenvalue weighted by Crippen LogP contribution is -2.16. The van der Waals surface area contributed by atoms with Crippen LogP contribution in [0.2, 0.25) is 0 Å². The number of furan rings is 1. The number of ether oxygens (including phenoxy) is 1. The molecule has 2 aromatic heterocycles.